The fraction of sp³-hybridized carbons (Fsp3) is 0.324. The highest BCUT2D eigenvalue weighted by atomic mass is 19.4. The molecular weight excluding hydrogens is 615 g/mol. The van der Waals surface area contributed by atoms with Crippen molar-refractivity contribution in [2.45, 2.75) is 51.6 Å². The fourth-order valence-corrected chi connectivity index (χ4v) is 4.04. The molecule has 0 radical (unpaired) electrons. The van der Waals surface area contributed by atoms with Gasteiger partial charge in [0.1, 0.15) is 11.5 Å². The van der Waals surface area contributed by atoms with Crippen LogP contribution in [0.4, 0.5) is 22.0 Å². The van der Waals surface area contributed by atoms with E-state index in [9.17, 15) is 36.3 Å². The zero-order valence-corrected chi connectivity index (χ0v) is 25.2. The molecule has 0 spiro atoms. The summed E-state index contributed by atoms with van der Waals surface area (Å²) in [6.45, 7) is 2.52. The lowest BCUT2D eigenvalue weighted by Gasteiger charge is -2.19. The highest BCUT2D eigenvalue weighted by Crippen LogP contribution is 2.35. The van der Waals surface area contributed by atoms with E-state index in [1.807, 2.05) is 19.9 Å². The Morgan fingerprint density at radius 3 is 1.83 bits per heavy atom. The first-order valence-electron chi connectivity index (χ1n) is 14.3. The molecule has 3 rings (SSSR count). The first-order chi connectivity index (χ1) is 21.7. The van der Waals surface area contributed by atoms with Crippen molar-refractivity contribution in [3.63, 3.8) is 0 Å². The number of esters is 3. The minimum absolute atomic E-state index is 0.0123. The Bertz CT molecular complexity index is 1480. The van der Waals surface area contributed by atoms with Crippen molar-refractivity contribution in [1.82, 2.24) is 0 Å². The van der Waals surface area contributed by atoms with Crippen molar-refractivity contribution in [1.29, 1.82) is 0 Å². The molecule has 0 aromatic heterocycles. The molecule has 7 nitrogen and oxygen atoms in total. The number of hydrogen-bond donors (Lipinski definition) is 0. The van der Waals surface area contributed by atoms with E-state index >= 15 is 0 Å². The highest BCUT2D eigenvalue weighted by Gasteiger charge is 2.58. The summed E-state index contributed by atoms with van der Waals surface area (Å²) in [6, 6.07) is 16.2. The maximum absolute atomic E-state index is 13.0. The van der Waals surface area contributed by atoms with Gasteiger partial charge in [0.15, 0.2) is 6.61 Å². The number of alkyl halides is 5. The van der Waals surface area contributed by atoms with Gasteiger partial charge in [-0.25, -0.2) is 14.4 Å². The van der Waals surface area contributed by atoms with Gasteiger partial charge in [-0.15, -0.1) is 0 Å². The first kappa shape index (κ1) is 35.7. The first-order valence-corrected chi connectivity index (χ1v) is 14.3. The summed E-state index contributed by atoms with van der Waals surface area (Å²) in [4.78, 5) is 36.5. The molecule has 0 atom stereocenters. The van der Waals surface area contributed by atoms with Gasteiger partial charge in [0, 0.05) is 6.08 Å². The number of rotatable bonds is 15. The normalized spacial score (nSPS) is 11.7. The molecule has 0 aliphatic heterocycles. The molecular formula is C34H33F5O7. The Balaban J connectivity index is 1.31. The number of halogens is 5. The molecule has 46 heavy (non-hydrogen) atoms. The van der Waals surface area contributed by atoms with Crippen molar-refractivity contribution < 1.29 is 55.3 Å². The van der Waals surface area contributed by atoms with E-state index in [0.717, 1.165) is 48.2 Å². The molecule has 0 heterocycles. The standard InChI is InChI=1S/C34H33F5O7/c1-23-19-24(2)21-27(20-23)31(41)44-18-6-4-3-5-17-43-30(40)16-9-25-7-12-29(13-8-25)46-32(42)26-10-14-28(15-11-26)45-22-33(35,36)34(37,38)39/h7-16,19-21H,3-6,17-18,22H2,1-2H3/b16-9+. The van der Waals surface area contributed by atoms with E-state index in [0.29, 0.717) is 30.6 Å². The molecule has 0 N–H and O–H groups in total. The second kappa shape index (κ2) is 16.5. The zero-order chi connectivity index (χ0) is 33.7. The highest BCUT2D eigenvalue weighted by molar-refractivity contribution is 5.91. The number of carbonyl (C=O) groups excluding carboxylic acids is 3. The van der Waals surface area contributed by atoms with Gasteiger partial charge < -0.3 is 18.9 Å². The van der Waals surface area contributed by atoms with Crippen LogP contribution in [0.5, 0.6) is 11.5 Å². The van der Waals surface area contributed by atoms with Crippen molar-refractivity contribution in [3.8, 4) is 11.5 Å². The monoisotopic (exact) mass is 648 g/mol. The molecule has 0 aliphatic rings. The van der Waals surface area contributed by atoms with Crippen molar-refractivity contribution in [2.24, 2.45) is 0 Å². The van der Waals surface area contributed by atoms with Crippen LogP contribution in [0.15, 0.2) is 72.8 Å². The molecule has 0 saturated carbocycles. The third kappa shape index (κ3) is 11.6. The molecule has 12 heteroatoms. The minimum Gasteiger partial charge on any atom is -0.487 e. The van der Waals surface area contributed by atoms with Crippen LogP contribution in [0.2, 0.25) is 0 Å². The van der Waals surface area contributed by atoms with Crippen LogP contribution in [-0.4, -0.2) is 49.8 Å². The van der Waals surface area contributed by atoms with Crippen LogP contribution >= 0.6 is 0 Å². The Labute approximate surface area is 262 Å². The van der Waals surface area contributed by atoms with Crippen LogP contribution in [-0.2, 0) is 14.3 Å². The van der Waals surface area contributed by atoms with Gasteiger partial charge in [-0.05, 0) is 99.7 Å². The lowest BCUT2D eigenvalue weighted by Crippen LogP contribution is -2.41. The summed E-state index contributed by atoms with van der Waals surface area (Å²) in [7, 11) is 0. The summed E-state index contributed by atoms with van der Waals surface area (Å²) < 4.78 is 83.0. The van der Waals surface area contributed by atoms with Gasteiger partial charge in [0.2, 0.25) is 0 Å². The minimum atomic E-state index is -5.74. The predicted molar refractivity (Wildman–Crippen MR) is 159 cm³/mol. The second-order valence-electron chi connectivity index (χ2n) is 10.4. The average Bonchev–Trinajstić information content (AvgIpc) is 3.00. The summed E-state index contributed by atoms with van der Waals surface area (Å²) >= 11 is 0. The van der Waals surface area contributed by atoms with Gasteiger partial charge in [-0.2, -0.15) is 22.0 Å². The Kier molecular flexibility index (Phi) is 12.8. The predicted octanol–water partition coefficient (Wildman–Crippen LogP) is 8.07. The molecule has 0 saturated heterocycles. The van der Waals surface area contributed by atoms with E-state index in [-0.39, 0.29) is 29.6 Å². The van der Waals surface area contributed by atoms with E-state index in [1.165, 1.54) is 24.3 Å². The van der Waals surface area contributed by atoms with Gasteiger partial charge in [0.25, 0.3) is 0 Å². The van der Waals surface area contributed by atoms with E-state index in [4.69, 9.17) is 14.2 Å². The Hall–Kier alpha value is -4.74. The molecule has 0 unspecified atom stereocenters. The lowest BCUT2D eigenvalue weighted by molar-refractivity contribution is -0.290. The molecule has 3 aromatic carbocycles. The van der Waals surface area contributed by atoms with Gasteiger partial charge in [0.05, 0.1) is 24.3 Å². The Morgan fingerprint density at radius 2 is 1.24 bits per heavy atom. The molecule has 0 aliphatic carbocycles. The Morgan fingerprint density at radius 1 is 0.674 bits per heavy atom. The van der Waals surface area contributed by atoms with E-state index in [1.54, 1.807) is 24.3 Å². The van der Waals surface area contributed by atoms with E-state index in [2.05, 4.69) is 4.74 Å². The smallest absolute Gasteiger partial charge is 0.456 e. The van der Waals surface area contributed by atoms with Gasteiger partial charge >= 0.3 is 30.0 Å². The van der Waals surface area contributed by atoms with Gasteiger partial charge in [-0.1, -0.05) is 29.3 Å². The molecule has 0 fully saturated rings. The average molecular weight is 649 g/mol. The van der Waals surface area contributed by atoms with Crippen LogP contribution in [0.25, 0.3) is 6.08 Å². The number of ether oxygens (including phenoxy) is 4. The molecule has 0 amide bonds. The van der Waals surface area contributed by atoms with E-state index < -0.39 is 30.6 Å². The summed E-state index contributed by atoms with van der Waals surface area (Å²) in [5.41, 5.74) is 3.18. The third-order valence-electron chi connectivity index (χ3n) is 6.40. The van der Waals surface area contributed by atoms with Crippen molar-refractivity contribution >= 4 is 24.0 Å². The SMILES string of the molecule is Cc1cc(C)cc(C(=O)OCCCCCCOC(=O)/C=C/c2ccc(OC(=O)c3ccc(OCC(F)(F)C(F)(F)F)cc3)cc2)c1. The van der Waals surface area contributed by atoms with Crippen molar-refractivity contribution in [3.05, 3.63) is 101 Å². The van der Waals surface area contributed by atoms with Crippen LogP contribution in [0.3, 0.4) is 0 Å². The maximum atomic E-state index is 13.0. The van der Waals surface area contributed by atoms with Crippen LogP contribution in [0.1, 0.15) is 63.1 Å². The topological polar surface area (TPSA) is 88.1 Å². The zero-order valence-electron chi connectivity index (χ0n) is 25.2. The summed E-state index contributed by atoms with van der Waals surface area (Å²) in [5.74, 6) is -6.78. The number of unbranched alkanes of at least 4 members (excludes halogenated alkanes) is 3. The quantitative estimate of drug-likeness (QED) is 0.0542. The second-order valence-corrected chi connectivity index (χ2v) is 10.4. The van der Waals surface area contributed by atoms with Crippen LogP contribution < -0.4 is 9.47 Å². The molecule has 0 bridgehead atoms. The van der Waals surface area contributed by atoms with Crippen molar-refractivity contribution in [2.75, 3.05) is 19.8 Å². The number of aryl methyl sites for hydroxylation is 2. The third-order valence-corrected chi connectivity index (χ3v) is 6.40. The number of hydrogen-bond acceptors (Lipinski definition) is 7. The number of benzene rings is 3. The largest absolute Gasteiger partial charge is 0.487 e. The van der Waals surface area contributed by atoms with Crippen LogP contribution in [0, 0.1) is 13.8 Å². The summed E-state index contributed by atoms with van der Waals surface area (Å²) in [6.07, 6.45) is 0.0359. The fourth-order valence-electron chi connectivity index (χ4n) is 4.04. The summed E-state index contributed by atoms with van der Waals surface area (Å²) in [5, 5.41) is 0. The maximum Gasteiger partial charge on any atom is 0.456 e. The lowest BCUT2D eigenvalue weighted by atomic mass is 10.1. The molecule has 246 valence electrons. The number of carbonyl (C=O) groups is 3. The van der Waals surface area contributed by atoms with Gasteiger partial charge in [-0.3, -0.25) is 0 Å². The molecule has 3 aromatic rings.